The second-order valence-corrected chi connectivity index (χ2v) is 5.38. The topological polar surface area (TPSA) is 41.7 Å². The van der Waals surface area contributed by atoms with Gasteiger partial charge in [0, 0.05) is 32.2 Å². The largest absolute Gasteiger partial charge is 0.376 e. The number of morpholine rings is 1. The lowest BCUT2D eigenvalue weighted by molar-refractivity contribution is -0.0321. The van der Waals surface area contributed by atoms with E-state index < -0.39 is 0 Å². The Morgan fingerprint density at radius 2 is 1.82 bits per heavy atom. The summed E-state index contributed by atoms with van der Waals surface area (Å²) in [7, 11) is 0. The van der Waals surface area contributed by atoms with Crippen molar-refractivity contribution in [2.75, 3.05) is 45.9 Å². The van der Waals surface area contributed by atoms with Crippen LogP contribution >= 0.6 is 0 Å². The number of hydrogen-bond donors (Lipinski definition) is 1. The molecule has 2 N–H and O–H groups in total. The van der Waals surface area contributed by atoms with Gasteiger partial charge in [-0.1, -0.05) is 6.92 Å². The summed E-state index contributed by atoms with van der Waals surface area (Å²) in [6.07, 6.45) is 3.93. The molecule has 2 aliphatic heterocycles. The van der Waals surface area contributed by atoms with Gasteiger partial charge in [-0.3, -0.25) is 4.90 Å². The van der Waals surface area contributed by atoms with E-state index in [4.69, 9.17) is 10.5 Å². The van der Waals surface area contributed by atoms with E-state index in [1.54, 1.807) is 0 Å². The fourth-order valence-electron chi connectivity index (χ4n) is 2.69. The molecule has 0 saturated carbocycles. The molecule has 4 nitrogen and oxygen atoms in total. The number of piperidine rings is 1. The van der Waals surface area contributed by atoms with E-state index in [1.807, 2.05) is 0 Å². The molecule has 0 bridgehead atoms. The van der Waals surface area contributed by atoms with Gasteiger partial charge in [-0.15, -0.1) is 0 Å². The van der Waals surface area contributed by atoms with Gasteiger partial charge in [0.1, 0.15) is 0 Å². The lowest BCUT2D eigenvalue weighted by Crippen LogP contribution is -2.47. The van der Waals surface area contributed by atoms with Crippen LogP contribution in [0, 0.1) is 0 Å². The zero-order valence-corrected chi connectivity index (χ0v) is 11.1. The number of nitrogens with zero attached hydrogens (tertiary/aromatic N) is 2. The van der Waals surface area contributed by atoms with E-state index in [-0.39, 0.29) is 0 Å². The molecular formula is C13H27N3O. The van der Waals surface area contributed by atoms with Gasteiger partial charge >= 0.3 is 0 Å². The van der Waals surface area contributed by atoms with Crippen molar-refractivity contribution in [2.45, 2.75) is 38.3 Å². The van der Waals surface area contributed by atoms with Gasteiger partial charge in [0.15, 0.2) is 0 Å². The first-order valence-electron chi connectivity index (χ1n) is 7.10. The molecule has 2 aliphatic rings. The number of ether oxygens (including phenoxy) is 1. The molecule has 2 saturated heterocycles. The van der Waals surface area contributed by atoms with Crippen molar-refractivity contribution in [3.8, 4) is 0 Å². The maximum atomic E-state index is 5.92. The molecular weight excluding hydrogens is 214 g/mol. The van der Waals surface area contributed by atoms with Crippen LogP contribution in [-0.2, 0) is 4.74 Å². The number of likely N-dealkylation sites (tertiary alicyclic amines) is 1. The van der Waals surface area contributed by atoms with Crippen LogP contribution in [0.1, 0.15) is 26.2 Å². The summed E-state index contributed by atoms with van der Waals surface area (Å²) in [5.41, 5.74) is 5.92. The normalized spacial score (nSPS) is 29.6. The van der Waals surface area contributed by atoms with Crippen molar-refractivity contribution < 1.29 is 4.74 Å². The highest BCUT2D eigenvalue weighted by Gasteiger charge is 2.20. The van der Waals surface area contributed by atoms with E-state index in [9.17, 15) is 0 Å². The third-order valence-corrected chi connectivity index (χ3v) is 4.04. The van der Waals surface area contributed by atoms with Gasteiger partial charge in [-0.2, -0.15) is 0 Å². The van der Waals surface area contributed by atoms with E-state index in [0.29, 0.717) is 12.1 Å². The number of nitrogens with two attached hydrogens (primary N) is 1. The molecule has 0 aromatic carbocycles. The zero-order valence-electron chi connectivity index (χ0n) is 11.1. The minimum Gasteiger partial charge on any atom is -0.376 e. The fourth-order valence-corrected chi connectivity index (χ4v) is 2.69. The Kier molecular flexibility index (Phi) is 5.22. The first kappa shape index (κ1) is 13.3. The molecule has 2 rings (SSSR count). The van der Waals surface area contributed by atoms with Gasteiger partial charge in [0.25, 0.3) is 0 Å². The summed E-state index contributed by atoms with van der Waals surface area (Å²) in [6.45, 7) is 10.1. The Hall–Kier alpha value is -0.160. The molecule has 0 radical (unpaired) electrons. The molecule has 2 fully saturated rings. The highest BCUT2D eigenvalue weighted by atomic mass is 16.5. The average molecular weight is 241 g/mol. The summed E-state index contributed by atoms with van der Waals surface area (Å²) in [6, 6.07) is 0.444. The monoisotopic (exact) mass is 241 g/mol. The smallest absolute Gasteiger partial charge is 0.0700 e. The summed E-state index contributed by atoms with van der Waals surface area (Å²) in [5.74, 6) is 0. The van der Waals surface area contributed by atoms with Crippen LogP contribution in [0.5, 0.6) is 0 Å². The van der Waals surface area contributed by atoms with Crippen LogP contribution in [0.2, 0.25) is 0 Å². The molecule has 2 heterocycles. The molecule has 1 atom stereocenters. The van der Waals surface area contributed by atoms with Gasteiger partial charge in [-0.05, 0) is 32.4 Å². The second-order valence-electron chi connectivity index (χ2n) is 5.38. The molecule has 0 aromatic heterocycles. The van der Waals surface area contributed by atoms with Crippen LogP contribution in [0.15, 0.2) is 0 Å². The third-order valence-electron chi connectivity index (χ3n) is 4.04. The average Bonchev–Trinajstić information content (AvgIpc) is 2.38. The molecule has 0 amide bonds. The van der Waals surface area contributed by atoms with Crippen LogP contribution in [0.4, 0.5) is 0 Å². The Morgan fingerprint density at radius 1 is 1.12 bits per heavy atom. The van der Waals surface area contributed by atoms with Gasteiger partial charge in [0.05, 0.1) is 12.7 Å². The third kappa shape index (κ3) is 4.21. The van der Waals surface area contributed by atoms with Crippen LogP contribution in [0.3, 0.4) is 0 Å². The van der Waals surface area contributed by atoms with Gasteiger partial charge in [-0.25, -0.2) is 0 Å². The Labute approximate surface area is 105 Å². The van der Waals surface area contributed by atoms with Crippen molar-refractivity contribution in [2.24, 2.45) is 5.73 Å². The maximum absolute atomic E-state index is 5.92. The number of hydrogen-bond acceptors (Lipinski definition) is 4. The summed E-state index contributed by atoms with van der Waals surface area (Å²) < 4.78 is 5.69. The highest BCUT2D eigenvalue weighted by molar-refractivity contribution is 4.76. The molecule has 4 heteroatoms. The van der Waals surface area contributed by atoms with Gasteiger partial charge < -0.3 is 15.4 Å². The first-order valence-corrected chi connectivity index (χ1v) is 7.10. The van der Waals surface area contributed by atoms with E-state index >= 15 is 0 Å². The van der Waals surface area contributed by atoms with Gasteiger partial charge in [0.2, 0.25) is 0 Å². The summed E-state index contributed by atoms with van der Waals surface area (Å²) in [4.78, 5) is 5.10. The fraction of sp³-hybridized carbons (Fsp3) is 1.00. The maximum Gasteiger partial charge on any atom is 0.0700 e. The SMILES string of the molecule is CCC1CN(CCN2CCC(N)CC2)CCO1. The molecule has 17 heavy (non-hydrogen) atoms. The van der Waals surface area contributed by atoms with E-state index in [0.717, 1.165) is 26.1 Å². The predicted molar refractivity (Wildman–Crippen MR) is 70.1 cm³/mol. The van der Waals surface area contributed by atoms with E-state index in [1.165, 1.54) is 39.0 Å². The van der Waals surface area contributed by atoms with Crippen molar-refractivity contribution in [3.05, 3.63) is 0 Å². The minimum atomic E-state index is 0.444. The molecule has 1 unspecified atom stereocenters. The lowest BCUT2D eigenvalue weighted by Gasteiger charge is -2.35. The van der Waals surface area contributed by atoms with Crippen molar-refractivity contribution in [3.63, 3.8) is 0 Å². The Bertz CT molecular complexity index is 217. The summed E-state index contributed by atoms with van der Waals surface area (Å²) >= 11 is 0. The minimum absolute atomic E-state index is 0.444. The highest BCUT2D eigenvalue weighted by Crippen LogP contribution is 2.10. The predicted octanol–water partition coefficient (Wildman–Crippen LogP) is 0.520. The molecule has 0 aromatic rings. The van der Waals surface area contributed by atoms with Crippen LogP contribution < -0.4 is 5.73 Å². The Morgan fingerprint density at radius 3 is 2.53 bits per heavy atom. The zero-order chi connectivity index (χ0) is 12.1. The number of rotatable bonds is 4. The van der Waals surface area contributed by atoms with E-state index in [2.05, 4.69) is 16.7 Å². The standard InChI is InChI=1S/C13H27N3O/c1-2-13-11-16(9-10-17-13)8-7-15-5-3-12(14)4-6-15/h12-13H,2-11,14H2,1H3. The molecule has 0 spiro atoms. The summed E-state index contributed by atoms with van der Waals surface area (Å²) in [5, 5.41) is 0. The second kappa shape index (κ2) is 6.69. The molecule has 0 aliphatic carbocycles. The van der Waals surface area contributed by atoms with Crippen molar-refractivity contribution >= 4 is 0 Å². The lowest BCUT2D eigenvalue weighted by atomic mass is 10.1. The molecule has 100 valence electrons. The quantitative estimate of drug-likeness (QED) is 0.779. The Balaban J connectivity index is 1.64. The van der Waals surface area contributed by atoms with Crippen LogP contribution in [-0.4, -0.2) is 67.8 Å². The van der Waals surface area contributed by atoms with Crippen molar-refractivity contribution in [1.82, 2.24) is 9.80 Å². The first-order chi connectivity index (χ1) is 8.28. The van der Waals surface area contributed by atoms with Crippen LogP contribution in [0.25, 0.3) is 0 Å². The van der Waals surface area contributed by atoms with Crippen molar-refractivity contribution in [1.29, 1.82) is 0 Å².